The van der Waals surface area contributed by atoms with E-state index in [-0.39, 0.29) is 17.9 Å². The molecule has 0 radical (unpaired) electrons. The zero-order valence-corrected chi connectivity index (χ0v) is 19.8. The molecule has 0 aliphatic rings. The minimum absolute atomic E-state index is 0.0983. The number of aromatic nitrogens is 1. The van der Waals surface area contributed by atoms with E-state index in [1.165, 1.54) is 12.1 Å². The van der Waals surface area contributed by atoms with Crippen molar-refractivity contribution < 1.29 is 27.8 Å². The molecule has 4 aromatic carbocycles. The van der Waals surface area contributed by atoms with Gasteiger partial charge in [-0.3, -0.25) is 0 Å². The third-order valence-corrected chi connectivity index (χ3v) is 6.00. The molecular weight excluding hydrogens is 491 g/mol. The van der Waals surface area contributed by atoms with E-state index in [1.807, 2.05) is 30.5 Å². The van der Waals surface area contributed by atoms with Crippen LogP contribution in [0.2, 0.25) is 0 Å². The molecular formula is C31H20F3NO3. The number of nitrogens with one attached hydrogen (secondary N) is 1. The van der Waals surface area contributed by atoms with Crippen molar-refractivity contribution in [3.8, 4) is 28.7 Å². The van der Waals surface area contributed by atoms with Crippen LogP contribution in [-0.2, 0) is 12.8 Å². The number of hydrogen-bond donors (Lipinski definition) is 2. The lowest BCUT2D eigenvalue weighted by Gasteiger charge is -2.10. The van der Waals surface area contributed by atoms with Gasteiger partial charge in [-0.1, -0.05) is 48.2 Å². The Morgan fingerprint density at radius 3 is 2.45 bits per heavy atom. The van der Waals surface area contributed by atoms with Crippen LogP contribution in [0.15, 0.2) is 97.2 Å². The molecule has 0 spiro atoms. The van der Waals surface area contributed by atoms with Gasteiger partial charge in [0.2, 0.25) is 0 Å². The maximum Gasteiger partial charge on any atom is 0.416 e. The molecule has 0 saturated heterocycles. The molecule has 0 aliphatic heterocycles. The van der Waals surface area contributed by atoms with Gasteiger partial charge >= 0.3 is 12.1 Å². The first-order valence-electron chi connectivity index (χ1n) is 11.6. The molecule has 0 saturated carbocycles. The van der Waals surface area contributed by atoms with Crippen LogP contribution in [0.4, 0.5) is 13.2 Å². The van der Waals surface area contributed by atoms with Crippen LogP contribution < -0.4 is 4.74 Å². The summed E-state index contributed by atoms with van der Waals surface area (Å²) in [6.07, 6.45) is -2.61. The van der Waals surface area contributed by atoms with Gasteiger partial charge in [-0.05, 0) is 71.1 Å². The lowest BCUT2D eigenvalue weighted by atomic mass is 9.93. The summed E-state index contributed by atoms with van der Waals surface area (Å²) in [7, 11) is 0. The molecule has 188 valence electrons. The number of aromatic carboxylic acids is 1. The smallest absolute Gasteiger partial charge is 0.416 e. The monoisotopic (exact) mass is 511 g/mol. The van der Waals surface area contributed by atoms with Crippen LogP contribution >= 0.6 is 0 Å². The molecule has 7 heteroatoms. The molecule has 0 aliphatic carbocycles. The van der Waals surface area contributed by atoms with Crippen molar-refractivity contribution in [2.24, 2.45) is 0 Å². The fraction of sp³-hybridized carbons (Fsp3) is 0.0645. The number of hydrogen-bond acceptors (Lipinski definition) is 2. The fourth-order valence-corrected chi connectivity index (χ4v) is 4.10. The van der Waals surface area contributed by atoms with Gasteiger partial charge in [0.25, 0.3) is 0 Å². The summed E-state index contributed by atoms with van der Waals surface area (Å²) >= 11 is 0. The number of H-pyrrole nitrogens is 1. The van der Waals surface area contributed by atoms with Crippen molar-refractivity contribution in [1.82, 2.24) is 4.98 Å². The highest BCUT2D eigenvalue weighted by Crippen LogP contribution is 2.32. The fourth-order valence-electron chi connectivity index (χ4n) is 4.10. The summed E-state index contributed by atoms with van der Waals surface area (Å²) in [6.45, 7) is 0.0983. The van der Waals surface area contributed by atoms with Crippen molar-refractivity contribution in [1.29, 1.82) is 0 Å². The number of ether oxygens (including phenoxy) is 1. The number of carboxylic acid groups (broad SMARTS) is 1. The second-order valence-electron chi connectivity index (χ2n) is 8.57. The Bertz CT molecular complexity index is 1690. The van der Waals surface area contributed by atoms with Gasteiger partial charge in [0, 0.05) is 28.4 Å². The van der Waals surface area contributed by atoms with Crippen molar-refractivity contribution in [3.05, 3.63) is 125 Å². The van der Waals surface area contributed by atoms with Crippen molar-refractivity contribution in [3.63, 3.8) is 0 Å². The first-order chi connectivity index (χ1) is 18.3. The van der Waals surface area contributed by atoms with E-state index in [2.05, 4.69) is 16.8 Å². The average molecular weight is 511 g/mol. The predicted molar refractivity (Wildman–Crippen MR) is 139 cm³/mol. The molecule has 4 nitrogen and oxygen atoms in total. The van der Waals surface area contributed by atoms with Gasteiger partial charge < -0.3 is 14.8 Å². The molecule has 5 aromatic rings. The molecule has 38 heavy (non-hydrogen) atoms. The Labute approximate surface area is 216 Å². The van der Waals surface area contributed by atoms with E-state index in [9.17, 15) is 23.1 Å². The average Bonchev–Trinajstić information content (AvgIpc) is 3.39. The summed E-state index contributed by atoms with van der Waals surface area (Å²) in [5.74, 6) is 5.27. The number of alkyl halides is 3. The Balaban J connectivity index is 1.37. The quantitative estimate of drug-likeness (QED) is 0.240. The summed E-state index contributed by atoms with van der Waals surface area (Å²) in [4.78, 5) is 15.1. The van der Waals surface area contributed by atoms with Crippen LogP contribution in [0, 0.1) is 11.8 Å². The minimum Gasteiger partial charge on any atom is -0.489 e. The number of carbonyl (C=O) groups is 1. The van der Waals surface area contributed by atoms with Gasteiger partial charge in [0.15, 0.2) is 0 Å². The van der Waals surface area contributed by atoms with Gasteiger partial charge in [-0.15, -0.1) is 0 Å². The predicted octanol–water partition coefficient (Wildman–Crippen LogP) is 7.53. The summed E-state index contributed by atoms with van der Waals surface area (Å²) < 4.78 is 44.2. The van der Waals surface area contributed by atoms with Crippen LogP contribution in [0.25, 0.3) is 22.0 Å². The third kappa shape index (κ3) is 5.40. The first-order valence-corrected chi connectivity index (χ1v) is 11.6. The summed E-state index contributed by atoms with van der Waals surface area (Å²) in [6, 6.07) is 24.5. The lowest BCUT2D eigenvalue weighted by molar-refractivity contribution is -0.137. The molecule has 0 atom stereocenters. The Morgan fingerprint density at radius 2 is 1.68 bits per heavy atom. The molecule has 1 heterocycles. The number of rotatable bonds is 5. The zero-order chi connectivity index (χ0) is 26.7. The Morgan fingerprint density at radius 1 is 0.895 bits per heavy atom. The molecule has 5 rings (SSSR count). The van der Waals surface area contributed by atoms with Gasteiger partial charge in [0.1, 0.15) is 12.4 Å². The van der Waals surface area contributed by atoms with Crippen LogP contribution in [-0.4, -0.2) is 16.1 Å². The largest absolute Gasteiger partial charge is 0.489 e. The number of halogens is 3. The first kappa shape index (κ1) is 24.7. The number of carboxylic acids is 1. The summed E-state index contributed by atoms with van der Waals surface area (Å²) in [5, 5.41) is 10.8. The van der Waals surface area contributed by atoms with Crippen molar-refractivity contribution in [2.75, 3.05) is 0 Å². The molecule has 0 bridgehead atoms. The topological polar surface area (TPSA) is 62.3 Å². The van der Waals surface area contributed by atoms with Crippen LogP contribution in [0.5, 0.6) is 5.75 Å². The van der Waals surface area contributed by atoms with Crippen LogP contribution in [0.1, 0.15) is 32.6 Å². The molecule has 1 aromatic heterocycles. The van der Waals surface area contributed by atoms with E-state index < -0.39 is 17.7 Å². The number of aromatic amines is 1. The van der Waals surface area contributed by atoms with E-state index in [0.29, 0.717) is 16.7 Å². The molecule has 0 fully saturated rings. The Kier molecular flexibility index (Phi) is 6.63. The maximum atomic E-state index is 12.9. The third-order valence-electron chi connectivity index (χ3n) is 6.00. The van der Waals surface area contributed by atoms with E-state index in [4.69, 9.17) is 4.74 Å². The van der Waals surface area contributed by atoms with Gasteiger partial charge in [-0.2, -0.15) is 13.2 Å². The molecule has 2 N–H and O–H groups in total. The highest BCUT2D eigenvalue weighted by atomic mass is 19.4. The van der Waals surface area contributed by atoms with Crippen molar-refractivity contribution in [2.45, 2.75) is 12.8 Å². The van der Waals surface area contributed by atoms with E-state index in [1.54, 1.807) is 42.5 Å². The van der Waals surface area contributed by atoms with Gasteiger partial charge in [0.05, 0.1) is 11.1 Å². The second-order valence-corrected chi connectivity index (χ2v) is 8.57. The highest BCUT2D eigenvalue weighted by Gasteiger charge is 2.30. The standard InChI is InChI=1S/C31H20F3NO3/c32-31(33,34)25-4-2-5-26(18-25)38-19-21-9-7-20(8-10-21)11-12-23-3-1-6-27(30(36)37)29(23)24-14-13-22-15-16-35-28(22)17-24/h1-10,13-18,35H,19H2,(H,36,37). The molecule has 0 unspecified atom stereocenters. The normalized spacial score (nSPS) is 11.1. The Hall–Kier alpha value is -4.96. The van der Waals surface area contributed by atoms with Gasteiger partial charge in [-0.25, -0.2) is 4.79 Å². The van der Waals surface area contributed by atoms with E-state index in [0.717, 1.165) is 34.2 Å². The van der Waals surface area contributed by atoms with Crippen LogP contribution in [0.3, 0.4) is 0 Å². The number of fused-ring (bicyclic) bond motifs is 1. The number of benzene rings is 4. The molecule has 0 amide bonds. The minimum atomic E-state index is -4.43. The lowest BCUT2D eigenvalue weighted by Crippen LogP contribution is -2.05. The van der Waals surface area contributed by atoms with Crippen molar-refractivity contribution >= 4 is 16.9 Å². The van der Waals surface area contributed by atoms with E-state index >= 15 is 0 Å². The zero-order valence-electron chi connectivity index (χ0n) is 19.8. The maximum absolute atomic E-state index is 12.9. The second kappa shape index (κ2) is 10.2. The SMILES string of the molecule is O=C(O)c1cccc(C#Cc2ccc(COc3cccc(C(F)(F)F)c3)cc2)c1-c1ccc2cc[nH]c2c1. The highest BCUT2D eigenvalue weighted by molar-refractivity contribution is 5.99. The summed E-state index contributed by atoms with van der Waals surface area (Å²) in [5.41, 5.74) is 3.60.